The van der Waals surface area contributed by atoms with Crippen molar-refractivity contribution >= 4 is 15.7 Å². The predicted octanol–water partition coefficient (Wildman–Crippen LogP) is 4.50. The normalized spacial score (nSPS) is 11.1. The molecule has 0 atom stereocenters. The van der Waals surface area contributed by atoms with Gasteiger partial charge in [-0.05, 0) is 67.6 Å². The zero-order chi connectivity index (χ0) is 20.7. The Labute approximate surface area is 170 Å². The molecule has 3 aromatic rings. The Kier molecular flexibility index (Phi) is 6.72. The molecule has 0 unspecified atom stereocenters. The molecule has 0 spiro atoms. The molecule has 3 rings (SSSR count). The van der Waals surface area contributed by atoms with Crippen molar-refractivity contribution in [1.29, 1.82) is 0 Å². The lowest BCUT2D eigenvalue weighted by Gasteiger charge is -2.23. The van der Waals surface area contributed by atoms with Gasteiger partial charge < -0.3 is 9.47 Å². The number of nitrogens with zero attached hydrogens (tertiary/aromatic N) is 1. The summed E-state index contributed by atoms with van der Waals surface area (Å²) < 4.78 is 51.2. The average Bonchev–Trinajstić information content (AvgIpc) is 2.74. The van der Waals surface area contributed by atoms with E-state index in [1.165, 1.54) is 28.6 Å². The Hall–Kier alpha value is -3.06. The van der Waals surface area contributed by atoms with Gasteiger partial charge in [-0.2, -0.15) is 0 Å². The molecule has 0 saturated carbocycles. The first kappa shape index (κ1) is 20.7. The fourth-order valence-electron chi connectivity index (χ4n) is 2.77. The number of hydrogen-bond donors (Lipinski definition) is 0. The maximum atomic E-state index is 13.0. The maximum Gasteiger partial charge on any atom is 0.264 e. The van der Waals surface area contributed by atoms with Gasteiger partial charge in [0, 0.05) is 6.54 Å². The summed E-state index contributed by atoms with van der Waals surface area (Å²) in [6, 6.07) is 21.0. The van der Waals surface area contributed by atoms with Crippen molar-refractivity contribution in [2.45, 2.75) is 11.8 Å². The molecule has 0 radical (unpaired) electrons. The average molecular weight is 415 g/mol. The molecular weight excluding hydrogens is 393 g/mol. The lowest BCUT2D eigenvalue weighted by atomic mass is 10.3. The van der Waals surface area contributed by atoms with Crippen molar-refractivity contribution in [3.8, 4) is 11.5 Å². The van der Waals surface area contributed by atoms with Crippen LogP contribution in [-0.2, 0) is 10.0 Å². The lowest BCUT2D eigenvalue weighted by Crippen LogP contribution is -2.30. The van der Waals surface area contributed by atoms with E-state index in [1.807, 2.05) is 6.07 Å². The van der Waals surface area contributed by atoms with E-state index in [0.29, 0.717) is 23.7 Å². The molecule has 29 heavy (non-hydrogen) atoms. The van der Waals surface area contributed by atoms with Crippen LogP contribution < -0.4 is 13.8 Å². The van der Waals surface area contributed by atoms with E-state index >= 15 is 0 Å². The standard InChI is InChI=1S/C22H22FNO4S/c1-2-24(19-6-4-3-5-7-19)29(25,26)22-14-12-21(13-15-22)28-17-16-27-20-10-8-18(23)9-11-20/h3-15H,2,16-17H2,1H3. The largest absolute Gasteiger partial charge is 0.490 e. The number of para-hydroxylation sites is 1. The minimum absolute atomic E-state index is 0.193. The summed E-state index contributed by atoms with van der Waals surface area (Å²) in [5, 5.41) is 0. The Balaban J connectivity index is 1.59. The Morgan fingerprint density at radius 3 is 1.83 bits per heavy atom. The molecule has 3 aromatic carbocycles. The summed E-state index contributed by atoms with van der Waals surface area (Å²) in [5.41, 5.74) is 0.619. The van der Waals surface area contributed by atoms with Crippen molar-refractivity contribution in [2.75, 3.05) is 24.1 Å². The van der Waals surface area contributed by atoms with Crippen LogP contribution in [0.1, 0.15) is 6.92 Å². The van der Waals surface area contributed by atoms with Gasteiger partial charge in [0.05, 0.1) is 10.6 Å². The van der Waals surface area contributed by atoms with Crippen LogP contribution in [0.2, 0.25) is 0 Å². The molecule has 0 bridgehead atoms. The maximum absolute atomic E-state index is 13.0. The lowest BCUT2D eigenvalue weighted by molar-refractivity contribution is 0.217. The van der Waals surface area contributed by atoms with Crippen LogP contribution in [0.15, 0.2) is 83.8 Å². The molecule has 0 N–H and O–H groups in total. The predicted molar refractivity (Wildman–Crippen MR) is 110 cm³/mol. The van der Waals surface area contributed by atoms with Gasteiger partial charge in [0.1, 0.15) is 30.5 Å². The molecule has 0 amide bonds. The first-order valence-electron chi connectivity index (χ1n) is 9.19. The Morgan fingerprint density at radius 2 is 1.31 bits per heavy atom. The molecule has 0 aliphatic rings. The highest BCUT2D eigenvalue weighted by molar-refractivity contribution is 7.92. The van der Waals surface area contributed by atoms with Crippen molar-refractivity contribution < 1.29 is 22.3 Å². The van der Waals surface area contributed by atoms with Crippen LogP contribution in [0, 0.1) is 5.82 Å². The highest BCUT2D eigenvalue weighted by Gasteiger charge is 2.23. The minimum atomic E-state index is -3.66. The van der Waals surface area contributed by atoms with Crippen molar-refractivity contribution in [3.05, 3.63) is 84.7 Å². The summed E-state index contributed by atoms with van der Waals surface area (Å²) in [6.45, 7) is 2.67. The van der Waals surface area contributed by atoms with Crippen LogP contribution in [0.25, 0.3) is 0 Å². The summed E-state index contributed by atoms with van der Waals surface area (Å²) >= 11 is 0. The number of benzene rings is 3. The van der Waals surface area contributed by atoms with Crippen LogP contribution >= 0.6 is 0 Å². The third-order valence-corrected chi connectivity index (χ3v) is 6.09. The molecule has 0 fully saturated rings. The van der Waals surface area contributed by atoms with E-state index < -0.39 is 10.0 Å². The smallest absolute Gasteiger partial charge is 0.264 e. The van der Waals surface area contributed by atoms with Gasteiger partial charge in [-0.3, -0.25) is 4.31 Å². The molecule has 0 aromatic heterocycles. The zero-order valence-electron chi connectivity index (χ0n) is 16.0. The third kappa shape index (κ3) is 5.26. The quantitative estimate of drug-likeness (QED) is 0.483. The number of sulfonamides is 1. The molecule has 0 aliphatic carbocycles. The first-order chi connectivity index (χ1) is 14.0. The summed E-state index contributed by atoms with van der Waals surface area (Å²) in [6.07, 6.45) is 0. The van der Waals surface area contributed by atoms with E-state index in [0.717, 1.165) is 0 Å². The molecule has 7 heteroatoms. The monoisotopic (exact) mass is 415 g/mol. The topological polar surface area (TPSA) is 55.8 Å². The number of halogens is 1. The fourth-order valence-corrected chi connectivity index (χ4v) is 4.24. The fraction of sp³-hybridized carbons (Fsp3) is 0.182. The van der Waals surface area contributed by atoms with Crippen molar-refractivity contribution in [1.82, 2.24) is 0 Å². The third-order valence-electron chi connectivity index (χ3n) is 4.18. The van der Waals surface area contributed by atoms with E-state index in [9.17, 15) is 12.8 Å². The first-order valence-corrected chi connectivity index (χ1v) is 10.6. The highest BCUT2D eigenvalue weighted by Crippen LogP contribution is 2.24. The van der Waals surface area contributed by atoms with Gasteiger partial charge in [-0.15, -0.1) is 0 Å². The summed E-state index contributed by atoms with van der Waals surface area (Å²) in [5.74, 6) is 0.768. The van der Waals surface area contributed by atoms with Crippen molar-refractivity contribution in [2.24, 2.45) is 0 Å². The molecule has 0 heterocycles. The number of hydrogen-bond acceptors (Lipinski definition) is 4. The molecule has 0 aliphatic heterocycles. The summed E-state index contributed by atoms with van der Waals surface area (Å²) in [4.78, 5) is 0.193. The molecular formula is C22H22FNO4S. The van der Waals surface area contributed by atoms with Crippen molar-refractivity contribution in [3.63, 3.8) is 0 Å². The van der Waals surface area contributed by atoms with E-state index in [-0.39, 0.29) is 23.9 Å². The zero-order valence-corrected chi connectivity index (χ0v) is 16.8. The molecule has 5 nitrogen and oxygen atoms in total. The second kappa shape index (κ2) is 9.43. The summed E-state index contributed by atoms with van der Waals surface area (Å²) in [7, 11) is -3.66. The van der Waals surface area contributed by atoms with Gasteiger partial charge in [0.2, 0.25) is 0 Å². The van der Waals surface area contributed by atoms with E-state index in [2.05, 4.69) is 0 Å². The van der Waals surface area contributed by atoms with Gasteiger partial charge in [-0.1, -0.05) is 18.2 Å². The van der Waals surface area contributed by atoms with E-state index in [4.69, 9.17) is 9.47 Å². The Morgan fingerprint density at radius 1 is 0.793 bits per heavy atom. The second-order valence-electron chi connectivity index (χ2n) is 6.13. The Bertz CT molecular complexity index is 1010. The van der Waals surface area contributed by atoms with Gasteiger partial charge >= 0.3 is 0 Å². The second-order valence-corrected chi connectivity index (χ2v) is 7.99. The molecule has 0 saturated heterocycles. The SMILES string of the molecule is CCN(c1ccccc1)S(=O)(=O)c1ccc(OCCOc2ccc(F)cc2)cc1. The van der Waals surface area contributed by atoms with Gasteiger partial charge in [0.15, 0.2) is 0 Å². The van der Waals surface area contributed by atoms with Gasteiger partial charge in [0.25, 0.3) is 10.0 Å². The molecule has 152 valence electrons. The number of rotatable bonds is 9. The van der Waals surface area contributed by atoms with Crippen LogP contribution in [0.3, 0.4) is 0 Å². The van der Waals surface area contributed by atoms with Crippen LogP contribution in [-0.4, -0.2) is 28.2 Å². The number of anilines is 1. The van der Waals surface area contributed by atoms with Crippen LogP contribution in [0.5, 0.6) is 11.5 Å². The van der Waals surface area contributed by atoms with Gasteiger partial charge in [-0.25, -0.2) is 12.8 Å². The van der Waals surface area contributed by atoms with E-state index in [1.54, 1.807) is 55.5 Å². The highest BCUT2D eigenvalue weighted by atomic mass is 32.2. The number of ether oxygens (including phenoxy) is 2. The minimum Gasteiger partial charge on any atom is -0.490 e. The van der Waals surface area contributed by atoms with Crippen LogP contribution in [0.4, 0.5) is 10.1 Å².